The van der Waals surface area contributed by atoms with Crippen molar-refractivity contribution in [3.63, 3.8) is 0 Å². The Hall–Kier alpha value is -3.13. The fourth-order valence-corrected chi connectivity index (χ4v) is 4.34. The number of hydrogen-bond acceptors (Lipinski definition) is 8. The minimum absolute atomic E-state index is 0.182. The van der Waals surface area contributed by atoms with E-state index in [-0.39, 0.29) is 17.2 Å². The summed E-state index contributed by atoms with van der Waals surface area (Å²) in [4.78, 5) is 14.8. The van der Waals surface area contributed by atoms with Crippen molar-refractivity contribution in [3.8, 4) is 28.7 Å². The van der Waals surface area contributed by atoms with Crippen molar-refractivity contribution < 1.29 is 34.0 Å². The van der Waals surface area contributed by atoms with Gasteiger partial charge in [-0.1, -0.05) is 6.07 Å². The monoisotopic (exact) mass is 401 g/mol. The zero-order valence-electron chi connectivity index (χ0n) is 16.7. The van der Waals surface area contributed by atoms with Crippen LogP contribution in [0.4, 0.5) is 0 Å². The number of likely N-dealkylation sites (N-methyl/N-ethyl adjacent to an activating group) is 1. The van der Waals surface area contributed by atoms with E-state index in [0.29, 0.717) is 41.2 Å². The maximum atomic E-state index is 12.8. The largest absolute Gasteiger partial charge is 0.504 e. The first-order valence-electron chi connectivity index (χ1n) is 9.20. The molecule has 2 aromatic carbocycles. The Morgan fingerprint density at radius 2 is 1.83 bits per heavy atom. The molecule has 2 atom stereocenters. The number of esters is 1. The van der Waals surface area contributed by atoms with E-state index >= 15 is 0 Å². The average molecular weight is 401 g/mol. The molecule has 154 valence electrons. The molecule has 0 saturated heterocycles. The molecular weight excluding hydrogens is 378 g/mol. The molecule has 0 radical (unpaired) electrons. The van der Waals surface area contributed by atoms with Crippen LogP contribution in [0.15, 0.2) is 18.2 Å². The summed E-state index contributed by atoms with van der Waals surface area (Å²) in [6.45, 7) is 0.682. The number of fused-ring (bicyclic) bond motifs is 2. The summed E-state index contributed by atoms with van der Waals surface area (Å²) >= 11 is 0. The number of phenols is 2. The highest BCUT2D eigenvalue weighted by atomic mass is 16.6. The Morgan fingerprint density at radius 3 is 2.48 bits per heavy atom. The molecule has 4 rings (SSSR count). The first-order chi connectivity index (χ1) is 13.9. The van der Waals surface area contributed by atoms with Crippen LogP contribution in [0.1, 0.15) is 39.2 Å². The van der Waals surface area contributed by atoms with Crippen molar-refractivity contribution in [2.75, 3.05) is 34.9 Å². The normalized spacial score (nSPS) is 20.6. The maximum absolute atomic E-state index is 12.8. The van der Waals surface area contributed by atoms with Crippen molar-refractivity contribution in [1.29, 1.82) is 0 Å². The van der Waals surface area contributed by atoms with E-state index in [2.05, 4.69) is 0 Å². The molecule has 2 aromatic rings. The van der Waals surface area contributed by atoms with E-state index in [4.69, 9.17) is 18.9 Å². The zero-order chi connectivity index (χ0) is 20.9. The lowest BCUT2D eigenvalue weighted by atomic mass is 9.85. The summed E-state index contributed by atoms with van der Waals surface area (Å²) in [6.07, 6.45) is 0.0191. The number of ether oxygens (including phenoxy) is 4. The van der Waals surface area contributed by atoms with Crippen LogP contribution < -0.4 is 14.2 Å². The van der Waals surface area contributed by atoms with Crippen LogP contribution in [-0.2, 0) is 11.2 Å². The number of hydrogen-bond donors (Lipinski definition) is 2. The molecule has 0 spiro atoms. The van der Waals surface area contributed by atoms with E-state index < -0.39 is 18.1 Å². The highest BCUT2D eigenvalue weighted by Crippen LogP contribution is 2.53. The summed E-state index contributed by atoms with van der Waals surface area (Å²) in [7, 11) is 6.34. The summed E-state index contributed by atoms with van der Waals surface area (Å²) in [5.74, 6) is -0.106. The lowest BCUT2D eigenvalue weighted by Gasteiger charge is -2.38. The number of carbonyl (C=O) groups excluding carboxylic acids is 1. The van der Waals surface area contributed by atoms with Gasteiger partial charge in [0.25, 0.3) is 0 Å². The molecule has 0 saturated carbocycles. The lowest BCUT2D eigenvalue weighted by molar-refractivity contribution is 0.00869. The van der Waals surface area contributed by atoms with Crippen LogP contribution in [0.2, 0.25) is 0 Å². The van der Waals surface area contributed by atoms with Crippen LogP contribution >= 0.6 is 0 Å². The van der Waals surface area contributed by atoms with Gasteiger partial charge in [0, 0.05) is 17.7 Å². The second kappa shape index (κ2) is 7.04. The maximum Gasteiger partial charge on any atom is 0.343 e. The van der Waals surface area contributed by atoms with Gasteiger partial charge in [-0.2, -0.15) is 0 Å². The number of carbonyl (C=O) groups is 1. The Balaban J connectivity index is 1.91. The molecule has 2 N–H and O–H groups in total. The van der Waals surface area contributed by atoms with Crippen molar-refractivity contribution in [3.05, 3.63) is 40.5 Å². The van der Waals surface area contributed by atoms with E-state index in [0.717, 1.165) is 5.56 Å². The van der Waals surface area contributed by atoms with Gasteiger partial charge in [0.2, 0.25) is 5.75 Å². The Labute approximate surface area is 168 Å². The molecule has 2 unspecified atom stereocenters. The summed E-state index contributed by atoms with van der Waals surface area (Å²) in [5, 5.41) is 20.4. The third-order valence-electron chi connectivity index (χ3n) is 5.68. The Kier molecular flexibility index (Phi) is 4.66. The van der Waals surface area contributed by atoms with Gasteiger partial charge in [-0.15, -0.1) is 0 Å². The Bertz CT molecular complexity index is 988. The molecule has 0 amide bonds. The van der Waals surface area contributed by atoms with Crippen LogP contribution in [0.5, 0.6) is 28.7 Å². The molecule has 8 nitrogen and oxygen atoms in total. The summed E-state index contributed by atoms with van der Waals surface area (Å²) in [6, 6.07) is 4.66. The minimum atomic E-state index is -0.640. The molecule has 0 bridgehead atoms. The molecular formula is C21H23NO7. The smallest absolute Gasteiger partial charge is 0.343 e. The fourth-order valence-electron chi connectivity index (χ4n) is 4.34. The van der Waals surface area contributed by atoms with Crippen LogP contribution in [0.25, 0.3) is 0 Å². The van der Waals surface area contributed by atoms with Crippen molar-refractivity contribution in [2.24, 2.45) is 0 Å². The molecule has 8 heteroatoms. The van der Waals surface area contributed by atoms with Crippen LogP contribution in [0.3, 0.4) is 0 Å². The van der Waals surface area contributed by atoms with Gasteiger partial charge in [0.05, 0.1) is 27.4 Å². The van der Waals surface area contributed by atoms with Crippen molar-refractivity contribution >= 4 is 5.97 Å². The number of benzene rings is 2. The molecule has 2 heterocycles. The first kappa shape index (κ1) is 19.2. The molecule has 29 heavy (non-hydrogen) atoms. The molecule has 0 aliphatic carbocycles. The van der Waals surface area contributed by atoms with Gasteiger partial charge in [-0.25, -0.2) is 4.79 Å². The summed E-state index contributed by atoms with van der Waals surface area (Å²) < 4.78 is 22.0. The SMILES string of the molecule is COc1ccc2c(c1OC)C(=O)OC2C1c2c(cc(O)c(O)c2OC)CCN1C. The fraction of sp³-hybridized carbons (Fsp3) is 0.381. The van der Waals surface area contributed by atoms with Gasteiger partial charge < -0.3 is 29.2 Å². The third-order valence-corrected chi connectivity index (χ3v) is 5.68. The van der Waals surface area contributed by atoms with E-state index in [1.54, 1.807) is 18.2 Å². The topological polar surface area (TPSA) is 97.7 Å². The number of phenolic OH excluding ortho intramolecular Hbond substituents is 2. The highest BCUT2D eigenvalue weighted by molar-refractivity contribution is 5.98. The van der Waals surface area contributed by atoms with Crippen LogP contribution in [0, 0.1) is 0 Å². The third kappa shape index (κ3) is 2.74. The molecule has 2 aliphatic heterocycles. The van der Waals surface area contributed by atoms with Gasteiger partial charge in [-0.3, -0.25) is 4.90 Å². The quantitative estimate of drug-likeness (QED) is 0.596. The van der Waals surface area contributed by atoms with Gasteiger partial charge >= 0.3 is 5.97 Å². The Morgan fingerprint density at radius 1 is 1.10 bits per heavy atom. The van der Waals surface area contributed by atoms with Gasteiger partial charge in [0.1, 0.15) is 11.7 Å². The number of methoxy groups -OCH3 is 3. The van der Waals surface area contributed by atoms with E-state index in [9.17, 15) is 15.0 Å². The number of cyclic esters (lactones) is 1. The second-order valence-corrected chi connectivity index (χ2v) is 7.12. The second-order valence-electron chi connectivity index (χ2n) is 7.12. The predicted molar refractivity (Wildman–Crippen MR) is 103 cm³/mol. The van der Waals surface area contributed by atoms with Crippen molar-refractivity contribution in [1.82, 2.24) is 4.90 Å². The summed E-state index contributed by atoms with van der Waals surface area (Å²) in [5.41, 5.74) is 2.54. The molecule has 2 aliphatic rings. The minimum Gasteiger partial charge on any atom is -0.504 e. The standard InChI is InChI=1S/C21H23NO7/c1-22-8-7-10-9-12(23)17(24)20(28-4)14(10)16(22)18-11-5-6-13(26-2)19(27-3)15(11)21(25)29-18/h5-6,9,16,18,23-24H,7-8H2,1-4H3. The zero-order valence-corrected chi connectivity index (χ0v) is 16.7. The highest BCUT2D eigenvalue weighted by Gasteiger charge is 2.45. The van der Waals surface area contributed by atoms with E-state index in [1.165, 1.54) is 21.3 Å². The average Bonchev–Trinajstić information content (AvgIpc) is 3.05. The first-order valence-corrected chi connectivity index (χ1v) is 9.20. The predicted octanol–water partition coefficient (Wildman–Crippen LogP) is 2.56. The van der Waals surface area contributed by atoms with Gasteiger partial charge in [0.15, 0.2) is 23.0 Å². The molecule has 0 fully saturated rings. The number of aromatic hydroxyl groups is 2. The van der Waals surface area contributed by atoms with Gasteiger partial charge in [-0.05, 0) is 31.2 Å². The van der Waals surface area contributed by atoms with Crippen molar-refractivity contribution in [2.45, 2.75) is 18.6 Å². The molecule has 0 aromatic heterocycles. The lowest BCUT2D eigenvalue weighted by Crippen LogP contribution is -2.36. The number of nitrogens with zero attached hydrogens (tertiary/aromatic N) is 1. The van der Waals surface area contributed by atoms with E-state index in [1.807, 2.05) is 11.9 Å². The number of rotatable bonds is 4. The van der Waals surface area contributed by atoms with Crippen LogP contribution in [-0.4, -0.2) is 56.0 Å².